The molecule has 0 radical (unpaired) electrons. The van der Waals surface area contributed by atoms with Gasteiger partial charge in [-0.1, -0.05) is 20.4 Å². The van der Waals surface area contributed by atoms with Gasteiger partial charge in [0.05, 0.1) is 0 Å². The third kappa shape index (κ3) is 2.49. The summed E-state index contributed by atoms with van der Waals surface area (Å²) >= 11 is 0. The van der Waals surface area contributed by atoms with E-state index in [2.05, 4.69) is 20.4 Å². The van der Waals surface area contributed by atoms with Crippen LogP contribution in [-0.2, 0) is 28.6 Å². The van der Waals surface area contributed by atoms with Crippen LogP contribution in [0.3, 0.4) is 0 Å². The summed E-state index contributed by atoms with van der Waals surface area (Å²) in [6.07, 6.45) is 0.971. The summed E-state index contributed by atoms with van der Waals surface area (Å²) in [5, 5.41) is 0. The van der Waals surface area contributed by atoms with Crippen molar-refractivity contribution < 1.29 is 28.6 Å². The van der Waals surface area contributed by atoms with Crippen LogP contribution < -0.4 is 0 Å². The first kappa shape index (κ1) is 18.0. The Kier molecular flexibility index (Phi) is 4.20. The van der Waals surface area contributed by atoms with Gasteiger partial charge in [0.25, 0.3) is 0 Å². The first-order valence-electron chi connectivity index (χ1n) is 8.83. The molecule has 1 saturated heterocycles. The lowest BCUT2D eigenvalue weighted by Crippen LogP contribution is -2.50. The van der Waals surface area contributed by atoms with E-state index in [1.54, 1.807) is 0 Å². The minimum Gasteiger partial charge on any atom is -0.462 e. The van der Waals surface area contributed by atoms with Crippen LogP contribution in [0.25, 0.3) is 0 Å². The maximum absolute atomic E-state index is 12.7. The summed E-state index contributed by atoms with van der Waals surface area (Å²) < 4.78 is 16.6. The highest BCUT2D eigenvalue weighted by Crippen LogP contribution is 2.66. The minimum atomic E-state index is -1.04. The van der Waals surface area contributed by atoms with Crippen LogP contribution in [0, 0.1) is 22.7 Å². The molecule has 3 aliphatic rings. The van der Waals surface area contributed by atoms with Gasteiger partial charge in [-0.2, -0.15) is 0 Å². The van der Waals surface area contributed by atoms with E-state index in [9.17, 15) is 14.4 Å². The van der Waals surface area contributed by atoms with Crippen molar-refractivity contribution in [3.63, 3.8) is 0 Å². The van der Waals surface area contributed by atoms with Crippen LogP contribution >= 0.6 is 0 Å². The van der Waals surface area contributed by atoms with Gasteiger partial charge in [0.2, 0.25) is 0 Å². The standard InChI is InChI=1S/C19H26O6/c1-10-6-7-14(24-12(3)20)15-16(25-13(4)21)19(9-18(10,15)5)11(2)8-23-17(19)22/h10,14-16H,2,6-9H2,1,3-5H3. The normalized spacial score (nSPS) is 42.9. The van der Waals surface area contributed by atoms with E-state index in [0.717, 1.165) is 6.42 Å². The van der Waals surface area contributed by atoms with Crippen molar-refractivity contribution >= 4 is 17.9 Å². The Hall–Kier alpha value is -1.85. The third-order valence-electron chi connectivity index (χ3n) is 6.63. The van der Waals surface area contributed by atoms with E-state index in [4.69, 9.17) is 14.2 Å². The number of esters is 3. The lowest BCUT2D eigenvalue weighted by molar-refractivity contribution is -0.173. The second kappa shape index (κ2) is 5.85. The van der Waals surface area contributed by atoms with E-state index in [-0.39, 0.29) is 36.0 Å². The van der Waals surface area contributed by atoms with Crippen LogP contribution in [0.4, 0.5) is 0 Å². The molecule has 6 unspecified atom stereocenters. The average Bonchev–Trinajstić information content (AvgIpc) is 2.93. The maximum Gasteiger partial charge on any atom is 0.320 e. The fourth-order valence-corrected chi connectivity index (χ4v) is 5.28. The Morgan fingerprint density at radius 3 is 2.36 bits per heavy atom. The Labute approximate surface area is 147 Å². The molecule has 0 bridgehead atoms. The summed E-state index contributed by atoms with van der Waals surface area (Å²) in [6, 6.07) is 0. The molecule has 0 amide bonds. The smallest absolute Gasteiger partial charge is 0.320 e. The van der Waals surface area contributed by atoms with E-state index in [1.807, 2.05) is 0 Å². The predicted octanol–water partition coefficient (Wildman–Crippen LogP) is 2.41. The highest BCUT2D eigenvalue weighted by Gasteiger charge is 2.71. The number of hydrogen-bond donors (Lipinski definition) is 0. The molecule has 6 nitrogen and oxygen atoms in total. The van der Waals surface area contributed by atoms with Gasteiger partial charge in [-0.15, -0.1) is 0 Å². The molecule has 0 N–H and O–H groups in total. The topological polar surface area (TPSA) is 78.9 Å². The quantitative estimate of drug-likeness (QED) is 0.432. The summed E-state index contributed by atoms with van der Waals surface area (Å²) in [5.74, 6) is -1.17. The van der Waals surface area contributed by atoms with Crippen molar-refractivity contribution in [2.45, 2.75) is 59.2 Å². The minimum absolute atomic E-state index is 0.145. The van der Waals surface area contributed by atoms with Crippen LogP contribution in [0.15, 0.2) is 12.2 Å². The fraction of sp³-hybridized carbons (Fsp3) is 0.737. The Bertz CT molecular complexity index is 622. The molecule has 1 spiro atoms. The number of fused-ring (bicyclic) bond motifs is 1. The highest BCUT2D eigenvalue weighted by molar-refractivity contribution is 5.86. The van der Waals surface area contributed by atoms with E-state index in [0.29, 0.717) is 24.3 Å². The summed E-state index contributed by atoms with van der Waals surface area (Å²) in [5.41, 5.74) is -0.708. The van der Waals surface area contributed by atoms with Crippen LogP contribution in [0.1, 0.15) is 47.0 Å². The largest absolute Gasteiger partial charge is 0.462 e. The Balaban J connectivity index is 2.12. The molecule has 3 rings (SSSR count). The molecule has 3 fully saturated rings. The predicted molar refractivity (Wildman–Crippen MR) is 88.3 cm³/mol. The van der Waals surface area contributed by atoms with E-state index >= 15 is 0 Å². The van der Waals surface area contributed by atoms with Gasteiger partial charge in [-0.3, -0.25) is 14.4 Å². The molecule has 0 aromatic carbocycles. The number of carbonyl (C=O) groups is 3. The highest BCUT2D eigenvalue weighted by atomic mass is 16.6. The van der Waals surface area contributed by atoms with Gasteiger partial charge >= 0.3 is 17.9 Å². The molecule has 1 heterocycles. The van der Waals surface area contributed by atoms with Crippen molar-refractivity contribution in [3.8, 4) is 0 Å². The van der Waals surface area contributed by atoms with Crippen LogP contribution in [-0.4, -0.2) is 36.7 Å². The molecular weight excluding hydrogens is 324 g/mol. The summed E-state index contributed by atoms with van der Waals surface area (Å²) in [7, 11) is 0. The molecule has 1 aliphatic heterocycles. The molecule has 0 aromatic rings. The average molecular weight is 350 g/mol. The van der Waals surface area contributed by atoms with E-state index in [1.165, 1.54) is 13.8 Å². The zero-order valence-corrected chi connectivity index (χ0v) is 15.3. The van der Waals surface area contributed by atoms with Crippen molar-refractivity contribution in [3.05, 3.63) is 12.2 Å². The molecule has 138 valence electrons. The molecule has 2 aliphatic carbocycles. The zero-order chi connectivity index (χ0) is 18.6. The Morgan fingerprint density at radius 2 is 1.84 bits per heavy atom. The third-order valence-corrected chi connectivity index (χ3v) is 6.63. The van der Waals surface area contributed by atoms with Crippen LogP contribution in [0.5, 0.6) is 0 Å². The molecule has 6 atom stereocenters. The van der Waals surface area contributed by atoms with Crippen molar-refractivity contribution in [1.82, 2.24) is 0 Å². The first-order chi connectivity index (χ1) is 11.6. The number of carbonyl (C=O) groups excluding carboxylic acids is 3. The van der Waals surface area contributed by atoms with Crippen molar-refractivity contribution in [1.29, 1.82) is 0 Å². The molecular formula is C19H26O6. The Morgan fingerprint density at radius 1 is 1.20 bits per heavy atom. The van der Waals surface area contributed by atoms with Gasteiger partial charge in [0.15, 0.2) is 0 Å². The second-order valence-corrected chi connectivity index (χ2v) is 8.02. The lowest BCUT2D eigenvalue weighted by atomic mass is 9.61. The van der Waals surface area contributed by atoms with Gasteiger partial charge in [0, 0.05) is 19.8 Å². The summed E-state index contributed by atoms with van der Waals surface area (Å²) in [4.78, 5) is 36.2. The zero-order valence-electron chi connectivity index (χ0n) is 15.3. The first-order valence-corrected chi connectivity index (χ1v) is 8.83. The van der Waals surface area contributed by atoms with Crippen molar-refractivity contribution in [2.24, 2.45) is 22.7 Å². The molecule has 0 aromatic heterocycles. The lowest BCUT2D eigenvalue weighted by Gasteiger charge is -2.46. The van der Waals surface area contributed by atoms with Crippen LogP contribution in [0.2, 0.25) is 0 Å². The summed E-state index contributed by atoms with van der Waals surface area (Å²) in [6.45, 7) is 11.2. The number of ether oxygens (including phenoxy) is 3. The van der Waals surface area contributed by atoms with E-state index < -0.39 is 17.5 Å². The number of hydrogen-bond acceptors (Lipinski definition) is 6. The fourth-order valence-electron chi connectivity index (χ4n) is 5.28. The molecule has 6 heteroatoms. The number of rotatable bonds is 2. The van der Waals surface area contributed by atoms with Gasteiger partial charge in [-0.25, -0.2) is 0 Å². The molecule has 25 heavy (non-hydrogen) atoms. The monoisotopic (exact) mass is 350 g/mol. The van der Waals surface area contributed by atoms with Gasteiger partial charge in [0.1, 0.15) is 24.2 Å². The SMILES string of the molecule is C=C1COC(=O)C12CC1(C)C(C)CCC(OC(C)=O)C1C2OC(C)=O. The second-order valence-electron chi connectivity index (χ2n) is 8.02. The number of cyclic esters (lactones) is 1. The van der Waals surface area contributed by atoms with Gasteiger partial charge in [-0.05, 0) is 36.2 Å². The van der Waals surface area contributed by atoms with Gasteiger partial charge < -0.3 is 14.2 Å². The maximum atomic E-state index is 12.7. The van der Waals surface area contributed by atoms with Crippen molar-refractivity contribution in [2.75, 3.05) is 6.61 Å². The molecule has 2 saturated carbocycles.